The number of rotatable bonds is 0. The van der Waals surface area contributed by atoms with Crippen LogP contribution in [0.5, 0.6) is 0 Å². The monoisotopic (exact) mass is 299 g/mol. The van der Waals surface area contributed by atoms with Crippen molar-refractivity contribution < 1.29 is 14.3 Å². The van der Waals surface area contributed by atoms with Crippen LogP contribution in [-0.4, -0.2) is 0 Å². The van der Waals surface area contributed by atoms with E-state index in [0.717, 1.165) is 0 Å². The fourth-order valence-electron chi connectivity index (χ4n) is 0. The van der Waals surface area contributed by atoms with Crippen LogP contribution in [0, 0.1) is 28.1 Å². The van der Waals surface area contributed by atoms with E-state index in [-0.39, 0.29) is 14.3 Å². The summed E-state index contributed by atoms with van der Waals surface area (Å²) >= 11 is 0. The first kappa shape index (κ1) is 18.2. The van der Waals surface area contributed by atoms with Crippen LogP contribution >= 0.6 is 0 Å². The van der Waals surface area contributed by atoms with Crippen LogP contribution < -0.4 is 0 Å². The normalized spacial score (nSPS) is 2.40. The van der Waals surface area contributed by atoms with Crippen molar-refractivity contribution in [1.82, 2.24) is 0 Å². The molecule has 0 N–H and O–H groups in total. The molecule has 0 atom stereocenters. The van der Waals surface area contributed by atoms with Crippen LogP contribution in [0.1, 0.15) is 13.8 Å². The van der Waals surface area contributed by atoms with Crippen molar-refractivity contribution >= 4 is 0 Å². The Morgan fingerprint density at radius 2 is 0.800 bits per heavy atom. The molecule has 0 rings (SSSR count). The first-order valence-corrected chi connectivity index (χ1v) is 1.41. The second-order valence-corrected chi connectivity index (χ2v) is 0. The van der Waals surface area contributed by atoms with Crippen LogP contribution in [0.2, 0.25) is 0 Å². The van der Waals surface area contributed by atoms with Gasteiger partial charge in [-0.25, -0.2) is 0 Å². The molecule has 0 saturated heterocycles. The van der Waals surface area contributed by atoms with Gasteiger partial charge in [0.05, 0.1) is 0 Å². The molecule has 0 spiro atoms. The molecular formula is C4H10Am-2. The fraction of sp³-hybridized carbons (Fsp3) is 0.500. The third-order valence-corrected chi connectivity index (χ3v) is 0. The quantitative estimate of drug-likeness (QED) is 0.597. The molecule has 0 heterocycles. The third kappa shape index (κ3) is 165. The van der Waals surface area contributed by atoms with Crippen LogP contribution in [0.25, 0.3) is 0 Å². The summed E-state index contributed by atoms with van der Waals surface area (Å²) in [6.45, 7) is 10.0. The Morgan fingerprint density at radius 1 is 0.800 bits per heavy atom. The number of hydrogen-bond acceptors (Lipinski definition) is 0. The van der Waals surface area contributed by atoms with Gasteiger partial charge in [-0.05, 0) is 0 Å². The van der Waals surface area contributed by atoms with Gasteiger partial charge >= 0.3 is 0 Å². The summed E-state index contributed by atoms with van der Waals surface area (Å²) in [5.74, 6) is 0. The zero-order valence-corrected chi connectivity index (χ0v) is 6.94. The van der Waals surface area contributed by atoms with E-state index in [9.17, 15) is 0 Å². The molecule has 35 valence electrons. The molecule has 0 unspecified atom stereocenters. The Hall–Kier alpha value is 0.390. The van der Waals surface area contributed by atoms with Gasteiger partial charge in [0, 0.05) is 14.3 Å². The largest absolute Gasteiger partial charge is 0.346 e. The summed E-state index contributed by atoms with van der Waals surface area (Å²) < 4.78 is 0. The molecule has 0 nitrogen and oxygen atoms in total. The molecule has 0 aliphatic carbocycles. The Bertz CT molecular complexity index is 3.61. The van der Waals surface area contributed by atoms with Crippen LogP contribution in [0.3, 0.4) is 0 Å². The van der Waals surface area contributed by atoms with Crippen LogP contribution in [-0.2, 0) is 0 Å². The first-order valence-electron chi connectivity index (χ1n) is 1.41. The Labute approximate surface area is 42.8 Å². The average molecular weight is 301 g/mol. The molecule has 5 heavy (non-hydrogen) atoms. The van der Waals surface area contributed by atoms with E-state index in [1.54, 1.807) is 13.8 Å². The summed E-state index contributed by atoms with van der Waals surface area (Å²) in [5, 5.41) is 0. The zero-order valence-electron chi connectivity index (χ0n) is 3.79. The maximum Gasteiger partial charge on any atom is 0 e. The minimum atomic E-state index is 0. The van der Waals surface area contributed by atoms with E-state index in [0.29, 0.717) is 0 Å². The summed E-state index contributed by atoms with van der Waals surface area (Å²) in [6.07, 6.45) is 0. The van der Waals surface area contributed by atoms with E-state index in [2.05, 4.69) is 13.8 Å². The van der Waals surface area contributed by atoms with Gasteiger partial charge in [-0.2, -0.15) is 13.8 Å². The van der Waals surface area contributed by atoms with Crippen molar-refractivity contribution in [3.63, 3.8) is 0 Å². The van der Waals surface area contributed by atoms with Gasteiger partial charge in [0.15, 0.2) is 0 Å². The van der Waals surface area contributed by atoms with Crippen molar-refractivity contribution in [3.05, 3.63) is 13.8 Å². The molecule has 0 aliphatic heterocycles. The summed E-state index contributed by atoms with van der Waals surface area (Å²) in [4.78, 5) is 0. The van der Waals surface area contributed by atoms with E-state index < -0.39 is 0 Å². The molecule has 0 saturated carbocycles. The van der Waals surface area contributed by atoms with Crippen molar-refractivity contribution in [2.75, 3.05) is 0 Å². The Morgan fingerprint density at radius 3 is 0.800 bits per heavy atom. The van der Waals surface area contributed by atoms with Gasteiger partial charge in [-0.15, -0.1) is 0 Å². The van der Waals surface area contributed by atoms with E-state index >= 15 is 0 Å². The van der Waals surface area contributed by atoms with Gasteiger partial charge < -0.3 is 13.8 Å². The Balaban J connectivity index is -0.0000000133. The van der Waals surface area contributed by atoms with E-state index in [4.69, 9.17) is 0 Å². The second kappa shape index (κ2) is 332. The maximum atomic E-state index is 3.25. The third-order valence-electron chi connectivity index (χ3n) is 0. The van der Waals surface area contributed by atoms with Crippen LogP contribution in [0.4, 0.5) is 0 Å². The molecule has 1 heteroatoms. The molecule has 0 fully saturated rings. The minimum absolute atomic E-state index is 0. The fourth-order valence-corrected chi connectivity index (χ4v) is 0. The summed E-state index contributed by atoms with van der Waals surface area (Å²) in [7, 11) is 0. The standard InChI is InChI=1S/2C2H5.Am/c2*1-2;/h2*1H2,2H3;/q2*-1;. The second-order valence-electron chi connectivity index (χ2n) is 0. The molecular weight excluding hydrogens is 291 g/mol. The van der Waals surface area contributed by atoms with Crippen molar-refractivity contribution in [1.29, 1.82) is 0 Å². The molecule has 0 aromatic rings. The summed E-state index contributed by atoms with van der Waals surface area (Å²) in [5.41, 5.74) is 0. The predicted octanol–water partition coefficient (Wildman–Crippen LogP) is 1.68. The van der Waals surface area contributed by atoms with Crippen molar-refractivity contribution in [3.8, 4) is 0 Å². The van der Waals surface area contributed by atoms with Gasteiger partial charge in [0.25, 0.3) is 0 Å². The molecule has 0 aliphatic rings. The van der Waals surface area contributed by atoms with E-state index in [1.165, 1.54) is 0 Å². The summed E-state index contributed by atoms with van der Waals surface area (Å²) in [6, 6.07) is 0. The molecule has 1 radical (unpaired) electrons. The van der Waals surface area contributed by atoms with Gasteiger partial charge in [0.1, 0.15) is 0 Å². The molecule has 0 aromatic carbocycles. The molecule has 0 amide bonds. The molecule has 0 bridgehead atoms. The maximum absolute atomic E-state index is 3.25. The van der Waals surface area contributed by atoms with Gasteiger partial charge in [-0.1, -0.05) is 0 Å². The topological polar surface area (TPSA) is 0 Å². The smallest absolute Gasteiger partial charge is 0 e. The number of hydrogen-bond donors (Lipinski definition) is 0. The predicted molar refractivity (Wildman–Crippen MR) is 22.1 cm³/mol. The average Bonchev–Trinajstić information content (AvgIpc) is 1.50. The minimum Gasteiger partial charge on any atom is -0.346 e. The van der Waals surface area contributed by atoms with E-state index in [1.807, 2.05) is 0 Å². The van der Waals surface area contributed by atoms with Crippen molar-refractivity contribution in [2.24, 2.45) is 0 Å². The Kier molecular flexibility index (Phi) is 1210. The van der Waals surface area contributed by atoms with Gasteiger partial charge in [0.2, 0.25) is 0 Å². The molecule has 0 aromatic heterocycles. The SMILES string of the molecule is [Am].[CH2-]C.[CH2-]C. The first-order chi connectivity index (χ1) is 2.00. The van der Waals surface area contributed by atoms with Crippen LogP contribution in [0.15, 0.2) is 0 Å². The van der Waals surface area contributed by atoms with Crippen molar-refractivity contribution in [2.45, 2.75) is 13.8 Å². The van der Waals surface area contributed by atoms with Gasteiger partial charge in [-0.3, -0.25) is 0 Å². The zero-order chi connectivity index (χ0) is 4.00.